The zero-order valence-electron chi connectivity index (χ0n) is 11.9. The minimum Gasteiger partial charge on any atom is -0.356 e. The van der Waals surface area contributed by atoms with Crippen LogP contribution in [-0.2, 0) is 4.79 Å². The van der Waals surface area contributed by atoms with E-state index in [0.29, 0.717) is 40.8 Å². The number of fused-ring (bicyclic) bond motifs is 2. The minimum atomic E-state index is -0.142. The molecule has 1 unspecified atom stereocenters. The molecule has 3 heterocycles. The third kappa shape index (κ3) is 2.67. The van der Waals surface area contributed by atoms with Crippen LogP contribution in [0.2, 0.25) is 0 Å². The zero-order valence-corrected chi connectivity index (χ0v) is 12.7. The second-order valence-corrected chi connectivity index (χ2v) is 6.56. The van der Waals surface area contributed by atoms with Gasteiger partial charge in [-0.05, 0) is 5.92 Å². The fourth-order valence-electron chi connectivity index (χ4n) is 2.31. The van der Waals surface area contributed by atoms with Crippen LogP contribution >= 0.6 is 11.8 Å². The van der Waals surface area contributed by atoms with Crippen LogP contribution in [0.3, 0.4) is 0 Å². The van der Waals surface area contributed by atoms with Gasteiger partial charge in [-0.1, -0.05) is 25.6 Å². The molecule has 0 radical (unpaired) electrons. The van der Waals surface area contributed by atoms with E-state index in [-0.39, 0.29) is 17.5 Å². The molecule has 0 saturated heterocycles. The molecular weight excluding hydrogens is 290 g/mol. The molecule has 2 aromatic heterocycles. The van der Waals surface area contributed by atoms with Crippen LogP contribution in [-0.4, -0.2) is 38.0 Å². The maximum absolute atomic E-state index is 12.5. The van der Waals surface area contributed by atoms with E-state index in [1.54, 1.807) is 4.57 Å². The summed E-state index contributed by atoms with van der Waals surface area (Å²) in [5.41, 5.74) is 0.374. The first-order valence-electron chi connectivity index (χ1n) is 6.91. The lowest BCUT2D eigenvalue weighted by atomic mass is 10.2. The van der Waals surface area contributed by atoms with Crippen LogP contribution in [0.1, 0.15) is 26.3 Å². The Labute approximate surface area is 125 Å². The quantitative estimate of drug-likeness (QED) is 0.820. The highest BCUT2D eigenvalue weighted by Gasteiger charge is 2.28. The van der Waals surface area contributed by atoms with Gasteiger partial charge in [0.05, 0.1) is 12.2 Å². The van der Waals surface area contributed by atoms with Crippen molar-refractivity contribution in [3.8, 4) is 0 Å². The number of rotatable bonds is 4. The number of H-pyrrole nitrogens is 1. The van der Waals surface area contributed by atoms with Crippen molar-refractivity contribution in [1.29, 1.82) is 0 Å². The maximum atomic E-state index is 12.5. The molecule has 1 atom stereocenters. The van der Waals surface area contributed by atoms with Crippen LogP contribution in [0.25, 0.3) is 11.0 Å². The first-order valence-corrected chi connectivity index (χ1v) is 7.90. The number of carbonyl (C=O) groups excluding carboxylic acids is 1. The molecule has 8 heteroatoms. The smallest absolute Gasteiger partial charge is 0.265 e. The Morgan fingerprint density at radius 3 is 3.19 bits per heavy atom. The molecule has 0 saturated carbocycles. The third-order valence-corrected chi connectivity index (χ3v) is 4.48. The van der Waals surface area contributed by atoms with Crippen LogP contribution in [0, 0.1) is 5.92 Å². The van der Waals surface area contributed by atoms with Crippen molar-refractivity contribution in [3.63, 3.8) is 0 Å². The first-order chi connectivity index (χ1) is 10.1. The van der Waals surface area contributed by atoms with Gasteiger partial charge in [0.25, 0.3) is 5.56 Å². The Morgan fingerprint density at radius 1 is 1.62 bits per heavy atom. The Kier molecular flexibility index (Phi) is 3.71. The second kappa shape index (κ2) is 5.51. The summed E-state index contributed by atoms with van der Waals surface area (Å²) in [7, 11) is 0. The summed E-state index contributed by atoms with van der Waals surface area (Å²) in [4.78, 5) is 28.8. The fourth-order valence-corrected chi connectivity index (χ4v) is 3.45. The van der Waals surface area contributed by atoms with E-state index in [2.05, 4.69) is 20.5 Å². The van der Waals surface area contributed by atoms with E-state index in [1.165, 1.54) is 18.0 Å². The molecule has 0 aromatic carbocycles. The summed E-state index contributed by atoms with van der Waals surface area (Å²) in [5.74, 6) is 1.08. The molecule has 21 heavy (non-hydrogen) atoms. The standard InChI is InChI=1S/C13H17N5O2S/c1-7(2)4-14-10(19)3-8-6-21-13-16-11-9(5-15-17-11)12(20)18(8)13/h5,7-8H,3-4,6H2,1-2H3,(H,14,19)(H,15,17). The Balaban J connectivity index is 1.83. The van der Waals surface area contributed by atoms with Crippen molar-refractivity contribution in [2.45, 2.75) is 31.5 Å². The average Bonchev–Trinajstić information content (AvgIpc) is 3.04. The maximum Gasteiger partial charge on any atom is 0.265 e. The van der Waals surface area contributed by atoms with Crippen LogP contribution in [0.5, 0.6) is 0 Å². The molecule has 1 aliphatic heterocycles. The molecule has 7 nitrogen and oxygen atoms in total. The third-order valence-electron chi connectivity index (χ3n) is 3.38. The number of hydrogen-bond donors (Lipinski definition) is 2. The summed E-state index contributed by atoms with van der Waals surface area (Å²) in [6.45, 7) is 4.75. The van der Waals surface area contributed by atoms with Crippen molar-refractivity contribution in [1.82, 2.24) is 25.1 Å². The monoisotopic (exact) mass is 307 g/mol. The van der Waals surface area contributed by atoms with Gasteiger partial charge in [-0.25, -0.2) is 4.98 Å². The number of hydrogen-bond acceptors (Lipinski definition) is 5. The van der Waals surface area contributed by atoms with Crippen LogP contribution in [0.4, 0.5) is 0 Å². The predicted molar refractivity (Wildman–Crippen MR) is 80.4 cm³/mol. The predicted octanol–water partition coefficient (Wildman–Crippen LogP) is 0.929. The number of aromatic amines is 1. The lowest BCUT2D eigenvalue weighted by Gasteiger charge is -2.14. The van der Waals surface area contributed by atoms with Crippen molar-refractivity contribution in [3.05, 3.63) is 16.6 Å². The second-order valence-electron chi connectivity index (χ2n) is 5.57. The van der Waals surface area contributed by atoms with Crippen molar-refractivity contribution in [2.24, 2.45) is 5.92 Å². The number of carbonyl (C=O) groups is 1. The Hall–Kier alpha value is -1.83. The molecule has 3 rings (SSSR count). The average molecular weight is 307 g/mol. The van der Waals surface area contributed by atoms with Crippen LogP contribution < -0.4 is 10.9 Å². The normalized spacial score (nSPS) is 17.4. The Bertz CT molecular complexity index is 736. The van der Waals surface area contributed by atoms with Gasteiger partial charge in [0.2, 0.25) is 5.91 Å². The highest BCUT2D eigenvalue weighted by molar-refractivity contribution is 7.99. The van der Waals surface area contributed by atoms with Crippen molar-refractivity contribution in [2.75, 3.05) is 12.3 Å². The van der Waals surface area contributed by atoms with Crippen LogP contribution in [0.15, 0.2) is 16.1 Å². The lowest BCUT2D eigenvalue weighted by molar-refractivity contribution is -0.121. The van der Waals surface area contributed by atoms with E-state index in [4.69, 9.17) is 0 Å². The van der Waals surface area contributed by atoms with Gasteiger partial charge < -0.3 is 5.32 Å². The van der Waals surface area contributed by atoms with Gasteiger partial charge in [-0.3, -0.25) is 19.3 Å². The number of amides is 1. The summed E-state index contributed by atoms with van der Waals surface area (Å²) in [6, 6.07) is -0.142. The van der Waals surface area contributed by atoms with Gasteiger partial charge >= 0.3 is 0 Å². The summed E-state index contributed by atoms with van der Waals surface area (Å²) in [5, 5.41) is 10.6. The summed E-state index contributed by atoms with van der Waals surface area (Å²) < 4.78 is 1.62. The highest BCUT2D eigenvalue weighted by Crippen LogP contribution is 2.32. The molecule has 1 aliphatic rings. The topological polar surface area (TPSA) is 92.7 Å². The fraction of sp³-hybridized carbons (Fsp3) is 0.538. The lowest BCUT2D eigenvalue weighted by Crippen LogP contribution is -2.32. The number of aromatic nitrogens is 4. The van der Waals surface area contributed by atoms with Gasteiger partial charge in [-0.2, -0.15) is 5.10 Å². The van der Waals surface area contributed by atoms with E-state index >= 15 is 0 Å². The van der Waals surface area contributed by atoms with Gasteiger partial charge in [0, 0.05) is 18.7 Å². The number of nitrogens with one attached hydrogen (secondary N) is 2. The minimum absolute atomic E-state index is 0.0265. The molecule has 112 valence electrons. The number of thioether (sulfide) groups is 1. The van der Waals surface area contributed by atoms with E-state index in [1.807, 2.05) is 13.8 Å². The molecule has 2 N–H and O–H groups in total. The number of nitrogens with zero attached hydrogens (tertiary/aromatic N) is 3. The zero-order chi connectivity index (χ0) is 15.0. The molecule has 0 spiro atoms. The highest BCUT2D eigenvalue weighted by atomic mass is 32.2. The summed E-state index contributed by atoms with van der Waals surface area (Å²) >= 11 is 1.50. The van der Waals surface area contributed by atoms with E-state index in [9.17, 15) is 9.59 Å². The van der Waals surface area contributed by atoms with Gasteiger partial charge in [0.15, 0.2) is 10.8 Å². The first kappa shape index (κ1) is 14.1. The van der Waals surface area contributed by atoms with E-state index < -0.39 is 0 Å². The van der Waals surface area contributed by atoms with Gasteiger partial charge in [-0.15, -0.1) is 0 Å². The van der Waals surface area contributed by atoms with E-state index in [0.717, 1.165) is 0 Å². The SMILES string of the molecule is CC(C)CNC(=O)CC1CSc2nc3[nH]ncc3c(=O)n21. The van der Waals surface area contributed by atoms with Crippen molar-refractivity contribution >= 4 is 28.7 Å². The largest absolute Gasteiger partial charge is 0.356 e. The molecule has 0 fully saturated rings. The van der Waals surface area contributed by atoms with Crippen molar-refractivity contribution < 1.29 is 4.79 Å². The molecule has 0 bridgehead atoms. The molecule has 1 amide bonds. The molecular formula is C13H17N5O2S. The molecule has 2 aromatic rings. The summed E-state index contributed by atoms with van der Waals surface area (Å²) in [6.07, 6.45) is 1.79. The Morgan fingerprint density at radius 2 is 2.43 bits per heavy atom. The molecule has 0 aliphatic carbocycles. The van der Waals surface area contributed by atoms with Gasteiger partial charge in [0.1, 0.15) is 5.39 Å².